The molecule has 0 heterocycles. The molecule has 0 atom stereocenters. The maximum absolute atomic E-state index is 11.1. The first-order valence-corrected chi connectivity index (χ1v) is 5.20. The number of hydrogen-bond donors (Lipinski definition) is 1. The van der Waals surface area contributed by atoms with Crippen LogP contribution in [-0.2, 0) is 9.53 Å². The molecule has 0 saturated carbocycles. The van der Waals surface area contributed by atoms with Gasteiger partial charge in [0.05, 0.1) is 6.61 Å². The van der Waals surface area contributed by atoms with Crippen LogP contribution in [0.2, 0.25) is 0 Å². The van der Waals surface area contributed by atoms with Gasteiger partial charge < -0.3 is 9.84 Å². The normalized spacial score (nSPS) is 10.7. The zero-order chi connectivity index (χ0) is 12.1. The largest absolute Gasteiger partial charge is 0.507 e. The van der Waals surface area contributed by atoms with Crippen LogP contribution in [0, 0.1) is 13.8 Å². The molecule has 0 bridgehead atoms. The fraction of sp³-hybridized carbons (Fsp3) is 0.308. The molecule has 3 nitrogen and oxygen atoms in total. The number of esters is 1. The van der Waals surface area contributed by atoms with Crippen molar-refractivity contribution in [3.63, 3.8) is 0 Å². The number of carbonyl (C=O) groups excluding carboxylic acids is 1. The molecule has 0 aromatic heterocycles. The zero-order valence-electron chi connectivity index (χ0n) is 9.78. The first-order chi connectivity index (χ1) is 7.56. The summed E-state index contributed by atoms with van der Waals surface area (Å²) >= 11 is 0. The minimum Gasteiger partial charge on any atom is -0.507 e. The highest BCUT2D eigenvalue weighted by molar-refractivity contribution is 5.87. The van der Waals surface area contributed by atoms with Crippen LogP contribution in [0.4, 0.5) is 0 Å². The first kappa shape index (κ1) is 12.3. The van der Waals surface area contributed by atoms with Crippen molar-refractivity contribution < 1.29 is 14.6 Å². The summed E-state index contributed by atoms with van der Waals surface area (Å²) in [6.45, 7) is 5.77. The highest BCUT2D eigenvalue weighted by Gasteiger charge is 2.04. The minimum absolute atomic E-state index is 0.269. The third kappa shape index (κ3) is 2.86. The van der Waals surface area contributed by atoms with Gasteiger partial charge in [-0.25, -0.2) is 4.79 Å². The van der Waals surface area contributed by atoms with Crippen LogP contribution in [0.15, 0.2) is 18.2 Å². The van der Waals surface area contributed by atoms with E-state index in [0.717, 1.165) is 16.7 Å². The highest BCUT2D eigenvalue weighted by atomic mass is 16.5. The Balaban J connectivity index is 2.90. The lowest BCUT2D eigenvalue weighted by Crippen LogP contribution is -1.98. The molecule has 0 spiro atoms. The van der Waals surface area contributed by atoms with Crippen LogP contribution in [0.3, 0.4) is 0 Å². The molecule has 86 valence electrons. The summed E-state index contributed by atoms with van der Waals surface area (Å²) in [6, 6.07) is 3.67. The Morgan fingerprint density at radius 3 is 2.75 bits per heavy atom. The second kappa shape index (κ2) is 5.35. The van der Waals surface area contributed by atoms with E-state index in [4.69, 9.17) is 4.74 Å². The van der Waals surface area contributed by atoms with Crippen molar-refractivity contribution in [2.75, 3.05) is 6.61 Å². The van der Waals surface area contributed by atoms with Crippen molar-refractivity contribution in [2.24, 2.45) is 0 Å². The van der Waals surface area contributed by atoms with Crippen LogP contribution in [0.5, 0.6) is 5.75 Å². The second-order valence-electron chi connectivity index (χ2n) is 3.53. The molecule has 1 N–H and O–H groups in total. The first-order valence-electron chi connectivity index (χ1n) is 5.20. The number of aromatic hydroxyl groups is 1. The van der Waals surface area contributed by atoms with Gasteiger partial charge in [-0.2, -0.15) is 0 Å². The minimum atomic E-state index is -0.373. The van der Waals surface area contributed by atoms with Gasteiger partial charge in [0.1, 0.15) is 5.75 Å². The fourth-order valence-electron chi connectivity index (χ4n) is 1.38. The van der Waals surface area contributed by atoms with Gasteiger partial charge in [0, 0.05) is 6.08 Å². The van der Waals surface area contributed by atoms with E-state index in [2.05, 4.69) is 0 Å². The molecule has 3 heteroatoms. The quantitative estimate of drug-likeness (QED) is 0.629. The Morgan fingerprint density at radius 2 is 2.12 bits per heavy atom. The summed E-state index contributed by atoms with van der Waals surface area (Å²) in [6.07, 6.45) is 3.01. The number of phenols is 1. The maximum atomic E-state index is 11.1. The van der Waals surface area contributed by atoms with E-state index in [1.807, 2.05) is 26.0 Å². The molecule has 0 fully saturated rings. The van der Waals surface area contributed by atoms with Gasteiger partial charge >= 0.3 is 5.97 Å². The smallest absolute Gasteiger partial charge is 0.330 e. The predicted molar refractivity (Wildman–Crippen MR) is 63.2 cm³/mol. The number of carbonyl (C=O) groups is 1. The predicted octanol–water partition coefficient (Wildman–Crippen LogP) is 2.59. The van der Waals surface area contributed by atoms with Crippen LogP contribution in [0.1, 0.15) is 23.6 Å². The molecule has 1 rings (SSSR count). The van der Waals surface area contributed by atoms with E-state index in [1.54, 1.807) is 13.0 Å². The Labute approximate surface area is 95.4 Å². The molecule has 0 aliphatic heterocycles. The number of hydrogen-bond acceptors (Lipinski definition) is 3. The number of rotatable bonds is 3. The van der Waals surface area contributed by atoms with E-state index >= 15 is 0 Å². The van der Waals surface area contributed by atoms with Crippen LogP contribution in [-0.4, -0.2) is 17.7 Å². The van der Waals surface area contributed by atoms with Crippen molar-refractivity contribution in [2.45, 2.75) is 20.8 Å². The fourth-order valence-corrected chi connectivity index (χ4v) is 1.38. The Hall–Kier alpha value is -1.77. The molecule has 0 amide bonds. The third-order valence-corrected chi connectivity index (χ3v) is 2.36. The van der Waals surface area contributed by atoms with Crippen LogP contribution >= 0.6 is 0 Å². The van der Waals surface area contributed by atoms with Gasteiger partial charge in [-0.3, -0.25) is 0 Å². The van der Waals surface area contributed by atoms with Crippen molar-refractivity contribution in [1.29, 1.82) is 0 Å². The Morgan fingerprint density at radius 1 is 1.44 bits per heavy atom. The Kier molecular flexibility index (Phi) is 4.11. The summed E-state index contributed by atoms with van der Waals surface area (Å²) in [4.78, 5) is 11.1. The third-order valence-electron chi connectivity index (χ3n) is 2.36. The zero-order valence-corrected chi connectivity index (χ0v) is 9.78. The van der Waals surface area contributed by atoms with E-state index in [-0.39, 0.29) is 11.7 Å². The standard InChI is InChI=1S/C13H16O3/c1-4-16-12(14)8-7-11-6-5-9(2)13(15)10(11)3/h5-8,15H,4H2,1-3H3/b8-7+. The van der Waals surface area contributed by atoms with E-state index in [1.165, 1.54) is 6.08 Å². The highest BCUT2D eigenvalue weighted by Crippen LogP contribution is 2.25. The van der Waals surface area contributed by atoms with Gasteiger partial charge in [0.2, 0.25) is 0 Å². The number of phenolic OH excluding ortho intramolecular Hbond substituents is 1. The lowest BCUT2D eigenvalue weighted by molar-refractivity contribution is -0.137. The van der Waals surface area contributed by atoms with E-state index < -0.39 is 0 Å². The average Bonchev–Trinajstić information content (AvgIpc) is 2.25. The number of aryl methyl sites for hydroxylation is 1. The van der Waals surface area contributed by atoms with Crippen molar-refractivity contribution in [3.8, 4) is 5.75 Å². The van der Waals surface area contributed by atoms with Gasteiger partial charge in [-0.1, -0.05) is 12.1 Å². The van der Waals surface area contributed by atoms with Crippen molar-refractivity contribution in [3.05, 3.63) is 34.9 Å². The lowest BCUT2D eigenvalue weighted by atomic mass is 10.0. The van der Waals surface area contributed by atoms with Crippen molar-refractivity contribution in [1.82, 2.24) is 0 Å². The number of benzene rings is 1. The van der Waals surface area contributed by atoms with Gasteiger partial charge in [0.15, 0.2) is 0 Å². The lowest BCUT2D eigenvalue weighted by Gasteiger charge is -2.06. The van der Waals surface area contributed by atoms with Crippen LogP contribution < -0.4 is 0 Å². The Bertz CT molecular complexity index is 419. The molecule has 0 aliphatic rings. The van der Waals surface area contributed by atoms with Gasteiger partial charge in [-0.15, -0.1) is 0 Å². The van der Waals surface area contributed by atoms with E-state index in [0.29, 0.717) is 6.61 Å². The molecule has 0 radical (unpaired) electrons. The SMILES string of the molecule is CCOC(=O)/C=C/c1ccc(C)c(O)c1C. The molecule has 0 aliphatic carbocycles. The summed E-state index contributed by atoms with van der Waals surface area (Å²) in [7, 11) is 0. The molecule has 1 aromatic rings. The average molecular weight is 220 g/mol. The molecular formula is C13H16O3. The summed E-state index contributed by atoms with van der Waals surface area (Å²) in [5, 5.41) is 9.71. The van der Waals surface area contributed by atoms with Gasteiger partial charge in [0.25, 0.3) is 0 Å². The summed E-state index contributed by atoms with van der Waals surface area (Å²) < 4.78 is 4.77. The van der Waals surface area contributed by atoms with Crippen molar-refractivity contribution >= 4 is 12.0 Å². The molecule has 0 saturated heterocycles. The number of ether oxygens (including phenoxy) is 1. The molecule has 0 unspecified atom stereocenters. The summed E-state index contributed by atoms with van der Waals surface area (Å²) in [5.74, 6) is -0.104. The molecule has 16 heavy (non-hydrogen) atoms. The molecular weight excluding hydrogens is 204 g/mol. The van der Waals surface area contributed by atoms with Gasteiger partial charge in [-0.05, 0) is 43.5 Å². The monoisotopic (exact) mass is 220 g/mol. The molecule has 1 aromatic carbocycles. The summed E-state index contributed by atoms with van der Waals surface area (Å²) in [5.41, 5.74) is 2.41. The maximum Gasteiger partial charge on any atom is 0.330 e. The van der Waals surface area contributed by atoms with Crippen LogP contribution in [0.25, 0.3) is 6.08 Å². The van der Waals surface area contributed by atoms with E-state index in [9.17, 15) is 9.90 Å². The second-order valence-corrected chi connectivity index (χ2v) is 3.53. The topological polar surface area (TPSA) is 46.5 Å².